The molecule has 3 aromatic rings. The number of fused-ring (bicyclic) bond motifs is 1. The lowest BCUT2D eigenvalue weighted by molar-refractivity contribution is -0.116. The van der Waals surface area contributed by atoms with Crippen LogP contribution in [0.1, 0.15) is 35.5 Å². The molecule has 30 heavy (non-hydrogen) atoms. The molecule has 0 aliphatic carbocycles. The molecule has 156 valence electrons. The third kappa shape index (κ3) is 4.00. The first-order chi connectivity index (χ1) is 14.5. The number of hydrogen-bond donors (Lipinski definition) is 2. The Balaban J connectivity index is 1.63. The summed E-state index contributed by atoms with van der Waals surface area (Å²) < 4.78 is 7.39. The molecule has 2 heterocycles. The number of thioether (sulfide) groups is 1. The third-order valence-corrected chi connectivity index (χ3v) is 6.40. The number of nitrogens with zero attached hydrogens (tertiary/aromatic N) is 3. The van der Waals surface area contributed by atoms with E-state index in [4.69, 9.17) is 4.74 Å². The van der Waals surface area contributed by atoms with Crippen LogP contribution >= 0.6 is 11.8 Å². The molecule has 1 amide bonds. The summed E-state index contributed by atoms with van der Waals surface area (Å²) in [7, 11) is 0. The summed E-state index contributed by atoms with van der Waals surface area (Å²) in [5.41, 5.74) is 7.53. The second kappa shape index (κ2) is 8.39. The molecule has 2 N–H and O–H groups in total. The summed E-state index contributed by atoms with van der Waals surface area (Å²) in [6.45, 7) is 8.54. The Hall–Kier alpha value is -3.00. The Morgan fingerprint density at radius 2 is 1.90 bits per heavy atom. The minimum atomic E-state index is -0.416. The smallest absolute Gasteiger partial charge is 0.240 e. The number of carbonyl (C=O) groups is 1. The third-order valence-electron chi connectivity index (χ3n) is 5.18. The van der Waals surface area contributed by atoms with Gasteiger partial charge in [-0.3, -0.25) is 4.79 Å². The van der Waals surface area contributed by atoms with Gasteiger partial charge in [0, 0.05) is 5.69 Å². The highest BCUT2D eigenvalue weighted by molar-refractivity contribution is 8.00. The highest BCUT2D eigenvalue weighted by Gasteiger charge is 2.37. The average molecular weight is 424 g/mol. The monoisotopic (exact) mass is 423 g/mol. The fraction of sp³-hybridized carbons (Fsp3) is 0.318. The molecule has 8 heteroatoms. The number of nitrogens with one attached hydrogen (secondary N) is 2. The van der Waals surface area contributed by atoms with E-state index in [9.17, 15) is 4.79 Å². The number of hydrogen-bond acceptors (Lipinski definition) is 6. The molecule has 0 saturated heterocycles. The van der Waals surface area contributed by atoms with Gasteiger partial charge < -0.3 is 15.5 Å². The predicted molar refractivity (Wildman–Crippen MR) is 119 cm³/mol. The van der Waals surface area contributed by atoms with Crippen molar-refractivity contribution in [3.63, 3.8) is 0 Å². The van der Waals surface area contributed by atoms with Gasteiger partial charge in [0.15, 0.2) is 0 Å². The molecule has 7 nitrogen and oxygen atoms in total. The highest BCUT2D eigenvalue weighted by Crippen LogP contribution is 2.38. The largest absolute Gasteiger partial charge is 0.494 e. The van der Waals surface area contributed by atoms with E-state index in [0.29, 0.717) is 11.8 Å². The maximum Gasteiger partial charge on any atom is 0.240 e. The van der Waals surface area contributed by atoms with Gasteiger partial charge in [0.25, 0.3) is 0 Å². The van der Waals surface area contributed by atoms with Gasteiger partial charge in [-0.2, -0.15) is 0 Å². The lowest BCUT2D eigenvalue weighted by atomic mass is 10.0. The fourth-order valence-corrected chi connectivity index (χ4v) is 4.51. The van der Waals surface area contributed by atoms with Gasteiger partial charge in [-0.25, -0.2) is 4.68 Å². The first-order valence-corrected chi connectivity index (χ1v) is 10.8. The molecule has 1 aromatic heterocycles. The van der Waals surface area contributed by atoms with Crippen molar-refractivity contribution in [2.24, 2.45) is 0 Å². The van der Waals surface area contributed by atoms with Crippen molar-refractivity contribution in [2.45, 2.75) is 44.1 Å². The first-order valence-electron chi connectivity index (χ1n) is 9.92. The van der Waals surface area contributed by atoms with Crippen LogP contribution in [0.5, 0.6) is 5.75 Å². The van der Waals surface area contributed by atoms with Crippen LogP contribution in [-0.4, -0.2) is 32.6 Å². The van der Waals surface area contributed by atoms with Gasteiger partial charge in [-0.1, -0.05) is 30.0 Å². The summed E-state index contributed by atoms with van der Waals surface area (Å²) in [5.74, 6) is 1.48. The van der Waals surface area contributed by atoms with Gasteiger partial charge in [0.1, 0.15) is 16.8 Å². The zero-order valence-electron chi connectivity index (χ0n) is 17.5. The van der Waals surface area contributed by atoms with Gasteiger partial charge in [-0.05, 0) is 68.7 Å². The summed E-state index contributed by atoms with van der Waals surface area (Å²) in [6.07, 6.45) is 0. The van der Waals surface area contributed by atoms with Crippen molar-refractivity contribution >= 4 is 23.4 Å². The lowest BCUT2D eigenvalue weighted by Crippen LogP contribution is -2.41. The average Bonchev–Trinajstić information content (AvgIpc) is 3.11. The second-order valence-corrected chi connectivity index (χ2v) is 8.41. The zero-order chi connectivity index (χ0) is 21.3. The lowest BCUT2D eigenvalue weighted by Gasteiger charge is -2.32. The Kier molecular flexibility index (Phi) is 5.67. The number of ether oxygens (including phenoxy) is 1. The molecule has 4 rings (SSSR count). The maximum atomic E-state index is 13.3. The number of aromatic nitrogens is 3. The molecular formula is C22H25N5O2S. The number of rotatable bonds is 5. The topological polar surface area (TPSA) is 81.1 Å². The molecule has 1 aliphatic rings. The van der Waals surface area contributed by atoms with E-state index >= 15 is 0 Å². The summed E-state index contributed by atoms with van der Waals surface area (Å²) >= 11 is 1.41. The van der Waals surface area contributed by atoms with Gasteiger partial charge in [0.05, 0.1) is 12.6 Å². The molecule has 0 bridgehead atoms. The van der Waals surface area contributed by atoms with Crippen LogP contribution < -0.4 is 15.5 Å². The quantitative estimate of drug-likeness (QED) is 0.646. The second-order valence-electron chi connectivity index (χ2n) is 7.30. The first kappa shape index (κ1) is 20.3. The number of benzene rings is 2. The van der Waals surface area contributed by atoms with Crippen LogP contribution in [0.2, 0.25) is 0 Å². The van der Waals surface area contributed by atoms with Crippen molar-refractivity contribution in [1.29, 1.82) is 0 Å². The number of aryl methyl sites for hydroxylation is 3. The van der Waals surface area contributed by atoms with E-state index in [-0.39, 0.29) is 11.9 Å². The SMILES string of the molecule is CCOc1ccc([C@@H]2Nn3c(C)nnc3S[C@@H]2C(=O)Nc2ccc(C)c(C)c2)cc1. The number of anilines is 1. The van der Waals surface area contributed by atoms with Crippen molar-refractivity contribution in [2.75, 3.05) is 17.3 Å². The molecule has 0 fully saturated rings. The van der Waals surface area contributed by atoms with Crippen LogP contribution in [0.3, 0.4) is 0 Å². The van der Waals surface area contributed by atoms with Gasteiger partial charge >= 0.3 is 0 Å². The molecule has 0 saturated carbocycles. The highest BCUT2D eigenvalue weighted by atomic mass is 32.2. The maximum absolute atomic E-state index is 13.3. The van der Waals surface area contributed by atoms with Gasteiger partial charge in [0.2, 0.25) is 11.1 Å². The fourth-order valence-electron chi connectivity index (χ4n) is 3.38. The summed E-state index contributed by atoms with van der Waals surface area (Å²) in [5, 5.41) is 11.7. The minimum Gasteiger partial charge on any atom is -0.494 e. The van der Waals surface area contributed by atoms with Crippen LogP contribution in [0.25, 0.3) is 0 Å². The standard InChI is InChI=1S/C22H25N5O2S/c1-5-29-18-10-7-16(8-11-18)19-20(30-22-25-24-15(4)27(22)26-19)21(28)23-17-9-6-13(2)14(3)12-17/h6-12,19-20,26H,5H2,1-4H3,(H,23,28)/t19-,20-/m0/s1. The van der Waals surface area contributed by atoms with Crippen LogP contribution in [0, 0.1) is 20.8 Å². The van der Waals surface area contributed by atoms with Crippen LogP contribution in [0.15, 0.2) is 47.6 Å². The molecule has 0 unspecified atom stereocenters. The van der Waals surface area contributed by atoms with E-state index in [1.165, 1.54) is 17.3 Å². The molecule has 0 radical (unpaired) electrons. The Morgan fingerprint density at radius 3 is 2.60 bits per heavy atom. The van der Waals surface area contributed by atoms with E-state index in [0.717, 1.165) is 28.4 Å². The molecule has 2 atom stereocenters. The van der Waals surface area contributed by atoms with Crippen molar-refractivity contribution < 1.29 is 9.53 Å². The van der Waals surface area contributed by atoms with Crippen molar-refractivity contribution in [3.8, 4) is 5.75 Å². The summed E-state index contributed by atoms with van der Waals surface area (Å²) in [4.78, 5) is 13.3. The predicted octanol–water partition coefficient (Wildman–Crippen LogP) is 4.00. The molecular weight excluding hydrogens is 398 g/mol. The molecule has 2 aromatic carbocycles. The number of amides is 1. The normalized spacial score (nSPS) is 17.7. The Labute approximate surface area is 180 Å². The van der Waals surface area contributed by atoms with Gasteiger partial charge in [-0.15, -0.1) is 10.2 Å². The van der Waals surface area contributed by atoms with Crippen molar-refractivity contribution in [3.05, 3.63) is 65.0 Å². The number of carbonyl (C=O) groups excluding carboxylic acids is 1. The molecule has 0 spiro atoms. The molecule has 1 aliphatic heterocycles. The zero-order valence-corrected chi connectivity index (χ0v) is 18.3. The minimum absolute atomic E-state index is 0.0819. The Bertz CT molecular complexity index is 1060. The van der Waals surface area contributed by atoms with Crippen LogP contribution in [-0.2, 0) is 4.79 Å². The summed E-state index contributed by atoms with van der Waals surface area (Å²) in [6, 6.07) is 13.5. The van der Waals surface area contributed by atoms with E-state index in [1.54, 1.807) is 0 Å². The van der Waals surface area contributed by atoms with E-state index in [2.05, 4.69) is 27.9 Å². The van der Waals surface area contributed by atoms with Crippen molar-refractivity contribution in [1.82, 2.24) is 14.9 Å². The Morgan fingerprint density at radius 1 is 1.13 bits per heavy atom. The van der Waals surface area contributed by atoms with E-state index in [1.807, 2.05) is 67.9 Å². The van der Waals surface area contributed by atoms with E-state index < -0.39 is 5.25 Å². The van der Waals surface area contributed by atoms with Crippen LogP contribution in [0.4, 0.5) is 5.69 Å².